The summed E-state index contributed by atoms with van der Waals surface area (Å²) in [6.45, 7) is 0.0695. The highest BCUT2D eigenvalue weighted by molar-refractivity contribution is 6.02. The summed E-state index contributed by atoms with van der Waals surface area (Å²) in [5.41, 5.74) is -0.119. The molecule has 1 aromatic rings. The van der Waals surface area contributed by atoms with Gasteiger partial charge in [0.1, 0.15) is 0 Å². The topological polar surface area (TPSA) is 101 Å². The molecule has 0 atom stereocenters. The van der Waals surface area contributed by atoms with E-state index in [4.69, 9.17) is 14.9 Å². The van der Waals surface area contributed by atoms with Crippen LogP contribution in [0, 0.1) is 0 Å². The normalized spacial score (nSPS) is 9.89. The molecule has 19 heavy (non-hydrogen) atoms. The van der Waals surface area contributed by atoms with Crippen molar-refractivity contribution in [3.8, 4) is 0 Å². The molecule has 0 aliphatic heterocycles. The van der Waals surface area contributed by atoms with Gasteiger partial charge < -0.3 is 14.9 Å². The van der Waals surface area contributed by atoms with Crippen molar-refractivity contribution < 1.29 is 29.3 Å². The molecule has 6 heteroatoms. The van der Waals surface area contributed by atoms with E-state index in [1.54, 1.807) is 6.07 Å². The summed E-state index contributed by atoms with van der Waals surface area (Å²) >= 11 is 0. The number of carboxylic acid groups (broad SMARTS) is 2. The monoisotopic (exact) mass is 266 g/mol. The SMILES string of the molecule is O=C(O)CCCCOC(=O)c1ccccc1C(=O)O. The van der Waals surface area contributed by atoms with Crippen LogP contribution in [0.5, 0.6) is 0 Å². The highest BCUT2D eigenvalue weighted by atomic mass is 16.5. The van der Waals surface area contributed by atoms with Gasteiger partial charge in [0.05, 0.1) is 17.7 Å². The lowest BCUT2D eigenvalue weighted by Crippen LogP contribution is -2.12. The fourth-order valence-corrected chi connectivity index (χ4v) is 1.47. The first-order chi connectivity index (χ1) is 9.02. The van der Waals surface area contributed by atoms with E-state index in [-0.39, 0.29) is 24.2 Å². The van der Waals surface area contributed by atoms with Gasteiger partial charge in [-0.3, -0.25) is 4.79 Å². The Morgan fingerprint density at radius 1 is 1.00 bits per heavy atom. The Morgan fingerprint density at radius 2 is 1.63 bits per heavy atom. The number of unbranched alkanes of at least 4 members (excludes halogenated alkanes) is 1. The van der Waals surface area contributed by atoms with Gasteiger partial charge in [-0.1, -0.05) is 12.1 Å². The Bertz CT molecular complexity index is 480. The summed E-state index contributed by atoms with van der Waals surface area (Å²) in [7, 11) is 0. The van der Waals surface area contributed by atoms with Gasteiger partial charge >= 0.3 is 17.9 Å². The molecule has 0 bridgehead atoms. The van der Waals surface area contributed by atoms with Crippen LogP contribution >= 0.6 is 0 Å². The van der Waals surface area contributed by atoms with Crippen LogP contribution in [0.1, 0.15) is 40.0 Å². The summed E-state index contributed by atoms with van der Waals surface area (Å²) in [5.74, 6) is -2.81. The number of carbonyl (C=O) groups is 3. The number of hydrogen-bond acceptors (Lipinski definition) is 4. The van der Waals surface area contributed by atoms with Crippen LogP contribution in [0.2, 0.25) is 0 Å². The number of rotatable bonds is 7. The second-order valence-corrected chi connectivity index (χ2v) is 3.84. The van der Waals surface area contributed by atoms with E-state index in [9.17, 15) is 14.4 Å². The molecule has 0 fully saturated rings. The maximum atomic E-state index is 11.7. The molecule has 0 saturated heterocycles. The minimum Gasteiger partial charge on any atom is -0.481 e. The maximum absolute atomic E-state index is 11.7. The molecule has 102 valence electrons. The number of carbonyl (C=O) groups excluding carboxylic acids is 1. The molecule has 0 spiro atoms. The van der Waals surface area contributed by atoms with Crippen molar-refractivity contribution in [1.82, 2.24) is 0 Å². The molecule has 0 aliphatic rings. The number of carboxylic acids is 2. The first kappa shape index (κ1) is 14.7. The molecular weight excluding hydrogens is 252 g/mol. The fraction of sp³-hybridized carbons (Fsp3) is 0.308. The quantitative estimate of drug-likeness (QED) is 0.576. The van der Waals surface area contributed by atoms with E-state index in [2.05, 4.69) is 0 Å². The van der Waals surface area contributed by atoms with Crippen molar-refractivity contribution in [1.29, 1.82) is 0 Å². The van der Waals surface area contributed by atoms with Crippen LogP contribution < -0.4 is 0 Å². The second-order valence-electron chi connectivity index (χ2n) is 3.84. The zero-order valence-corrected chi connectivity index (χ0v) is 10.2. The number of aromatic carboxylic acids is 1. The molecular formula is C13H14O6. The van der Waals surface area contributed by atoms with Crippen LogP contribution in [0.15, 0.2) is 24.3 Å². The Labute approximate surface area is 109 Å². The first-order valence-corrected chi connectivity index (χ1v) is 5.73. The third-order valence-corrected chi connectivity index (χ3v) is 2.40. The molecule has 0 saturated carbocycles. The Balaban J connectivity index is 2.50. The minimum atomic E-state index is -1.20. The van der Waals surface area contributed by atoms with Gasteiger partial charge in [-0.25, -0.2) is 9.59 Å². The van der Waals surface area contributed by atoms with Gasteiger partial charge in [0.25, 0.3) is 0 Å². The molecule has 0 unspecified atom stereocenters. The van der Waals surface area contributed by atoms with Crippen molar-refractivity contribution in [2.24, 2.45) is 0 Å². The van der Waals surface area contributed by atoms with Crippen molar-refractivity contribution in [3.63, 3.8) is 0 Å². The van der Waals surface area contributed by atoms with Crippen molar-refractivity contribution in [2.75, 3.05) is 6.61 Å². The summed E-state index contributed by atoms with van der Waals surface area (Å²) < 4.78 is 4.91. The average Bonchev–Trinajstić information content (AvgIpc) is 2.37. The van der Waals surface area contributed by atoms with Crippen molar-refractivity contribution >= 4 is 17.9 Å². The number of ether oxygens (including phenoxy) is 1. The Morgan fingerprint density at radius 3 is 2.21 bits per heavy atom. The van der Waals surface area contributed by atoms with Crippen molar-refractivity contribution in [3.05, 3.63) is 35.4 Å². The van der Waals surface area contributed by atoms with E-state index in [0.717, 1.165) is 0 Å². The zero-order valence-electron chi connectivity index (χ0n) is 10.2. The molecule has 1 rings (SSSR count). The molecule has 2 N–H and O–H groups in total. The summed E-state index contributed by atoms with van der Waals surface area (Å²) in [6, 6.07) is 5.77. The molecule has 0 aromatic heterocycles. The maximum Gasteiger partial charge on any atom is 0.339 e. The number of aliphatic carboxylic acids is 1. The van der Waals surface area contributed by atoms with Crippen LogP contribution in [-0.4, -0.2) is 34.7 Å². The van der Waals surface area contributed by atoms with Gasteiger partial charge in [0.2, 0.25) is 0 Å². The fourth-order valence-electron chi connectivity index (χ4n) is 1.47. The Hall–Kier alpha value is -2.37. The van der Waals surface area contributed by atoms with Crippen LogP contribution in [0.4, 0.5) is 0 Å². The third-order valence-electron chi connectivity index (χ3n) is 2.40. The lowest BCUT2D eigenvalue weighted by molar-refractivity contribution is -0.137. The predicted molar refractivity (Wildman–Crippen MR) is 65.2 cm³/mol. The van der Waals surface area contributed by atoms with E-state index >= 15 is 0 Å². The van der Waals surface area contributed by atoms with E-state index in [1.165, 1.54) is 18.2 Å². The van der Waals surface area contributed by atoms with Crippen LogP contribution in [0.25, 0.3) is 0 Å². The highest BCUT2D eigenvalue weighted by Gasteiger charge is 2.16. The standard InChI is InChI=1S/C13H14O6/c14-11(15)7-3-4-8-19-13(18)10-6-2-1-5-9(10)12(16)17/h1-2,5-6H,3-4,7-8H2,(H,14,15)(H,16,17). The first-order valence-electron chi connectivity index (χ1n) is 5.73. The van der Waals surface area contributed by atoms with E-state index in [0.29, 0.717) is 12.8 Å². The molecule has 1 aromatic carbocycles. The molecule has 0 radical (unpaired) electrons. The summed E-state index contributed by atoms with van der Waals surface area (Å²) in [4.78, 5) is 32.8. The third kappa shape index (κ3) is 4.79. The Kier molecular flexibility index (Phi) is 5.53. The lowest BCUT2D eigenvalue weighted by Gasteiger charge is -2.06. The zero-order chi connectivity index (χ0) is 14.3. The average molecular weight is 266 g/mol. The van der Waals surface area contributed by atoms with Gasteiger partial charge in [-0.2, -0.15) is 0 Å². The predicted octanol–water partition coefficient (Wildman–Crippen LogP) is 1.80. The van der Waals surface area contributed by atoms with Crippen molar-refractivity contribution in [2.45, 2.75) is 19.3 Å². The van der Waals surface area contributed by atoms with Gasteiger partial charge in [-0.05, 0) is 25.0 Å². The molecule has 0 heterocycles. The van der Waals surface area contributed by atoms with Crippen LogP contribution in [0.3, 0.4) is 0 Å². The smallest absolute Gasteiger partial charge is 0.339 e. The minimum absolute atomic E-state index is 0.00626. The largest absolute Gasteiger partial charge is 0.481 e. The molecule has 0 aliphatic carbocycles. The second kappa shape index (κ2) is 7.15. The summed E-state index contributed by atoms with van der Waals surface area (Å²) in [6.07, 6.45) is 0.847. The van der Waals surface area contributed by atoms with Gasteiger partial charge in [-0.15, -0.1) is 0 Å². The van der Waals surface area contributed by atoms with Gasteiger partial charge in [0, 0.05) is 6.42 Å². The summed E-state index contributed by atoms with van der Waals surface area (Å²) in [5, 5.41) is 17.3. The highest BCUT2D eigenvalue weighted by Crippen LogP contribution is 2.10. The lowest BCUT2D eigenvalue weighted by atomic mass is 10.1. The number of benzene rings is 1. The van der Waals surface area contributed by atoms with E-state index in [1.807, 2.05) is 0 Å². The van der Waals surface area contributed by atoms with Crippen LogP contribution in [-0.2, 0) is 9.53 Å². The number of hydrogen-bond donors (Lipinski definition) is 2. The number of esters is 1. The van der Waals surface area contributed by atoms with Gasteiger partial charge in [0.15, 0.2) is 0 Å². The molecule has 0 amide bonds. The van der Waals surface area contributed by atoms with E-state index < -0.39 is 17.9 Å². The molecule has 6 nitrogen and oxygen atoms in total.